The molecule has 0 saturated heterocycles. The van der Waals surface area contributed by atoms with E-state index in [2.05, 4.69) is 24.0 Å². The Morgan fingerprint density at radius 3 is 2.88 bits per heavy atom. The molecule has 0 N–H and O–H groups in total. The Hall–Kier alpha value is -2.47. The van der Waals surface area contributed by atoms with Gasteiger partial charge in [-0.15, -0.1) is 11.3 Å². The number of esters is 1. The second-order valence-corrected chi connectivity index (χ2v) is 7.66. The van der Waals surface area contributed by atoms with Crippen LogP contribution < -0.4 is 4.90 Å². The molecule has 5 nitrogen and oxygen atoms in total. The molecule has 0 saturated carbocycles. The van der Waals surface area contributed by atoms with Crippen molar-refractivity contribution in [3.05, 3.63) is 51.4 Å². The Labute approximate surface area is 156 Å². The van der Waals surface area contributed by atoms with Crippen LogP contribution in [0.4, 0.5) is 5.00 Å². The van der Waals surface area contributed by atoms with Gasteiger partial charge in [0.05, 0.1) is 12.8 Å². The van der Waals surface area contributed by atoms with Crippen molar-refractivity contribution in [2.24, 2.45) is 4.99 Å². The van der Waals surface area contributed by atoms with Gasteiger partial charge in [-0.1, -0.05) is 24.3 Å². The zero-order chi connectivity index (χ0) is 18.3. The largest absolute Gasteiger partial charge is 0.468 e. The summed E-state index contributed by atoms with van der Waals surface area (Å²) < 4.78 is 4.80. The summed E-state index contributed by atoms with van der Waals surface area (Å²) in [5.41, 5.74) is 5.37. The lowest BCUT2D eigenvalue weighted by Crippen LogP contribution is -2.37. The zero-order valence-corrected chi connectivity index (χ0v) is 15.7. The summed E-state index contributed by atoms with van der Waals surface area (Å²) in [7, 11) is 1.34. The van der Waals surface area contributed by atoms with Crippen molar-refractivity contribution in [2.45, 2.75) is 26.2 Å². The van der Waals surface area contributed by atoms with Gasteiger partial charge in [-0.3, -0.25) is 19.5 Å². The number of thiophene rings is 1. The Balaban J connectivity index is 1.90. The van der Waals surface area contributed by atoms with Gasteiger partial charge in [0.25, 0.3) is 0 Å². The van der Waals surface area contributed by atoms with E-state index in [9.17, 15) is 9.59 Å². The number of hydrogen-bond acceptors (Lipinski definition) is 5. The predicted octanol–water partition coefficient (Wildman–Crippen LogP) is 2.90. The van der Waals surface area contributed by atoms with E-state index in [1.54, 1.807) is 16.2 Å². The number of aliphatic imine (C=N–C) groups is 1. The molecule has 0 radical (unpaired) electrons. The molecule has 1 aliphatic carbocycles. The van der Waals surface area contributed by atoms with E-state index >= 15 is 0 Å². The fraction of sp³-hybridized carbons (Fsp3) is 0.350. The average Bonchev–Trinajstić information content (AvgIpc) is 3.19. The van der Waals surface area contributed by atoms with Gasteiger partial charge in [0.2, 0.25) is 5.91 Å². The van der Waals surface area contributed by atoms with Crippen molar-refractivity contribution in [3.63, 3.8) is 0 Å². The van der Waals surface area contributed by atoms with E-state index in [0.717, 1.165) is 46.7 Å². The lowest BCUT2D eigenvalue weighted by molar-refractivity contribution is -0.139. The van der Waals surface area contributed by atoms with Crippen molar-refractivity contribution < 1.29 is 14.3 Å². The molecule has 1 amide bonds. The molecule has 6 heteroatoms. The third-order valence-electron chi connectivity index (χ3n) is 4.97. The lowest BCUT2D eigenvalue weighted by atomic mass is 9.96. The summed E-state index contributed by atoms with van der Waals surface area (Å²) >= 11 is 1.62. The first-order valence-electron chi connectivity index (χ1n) is 8.72. The van der Waals surface area contributed by atoms with Crippen LogP contribution in [-0.4, -0.2) is 37.8 Å². The van der Waals surface area contributed by atoms with Crippen LogP contribution in [0.3, 0.4) is 0 Å². The Morgan fingerprint density at radius 1 is 1.31 bits per heavy atom. The van der Waals surface area contributed by atoms with Gasteiger partial charge >= 0.3 is 5.97 Å². The minimum atomic E-state index is -0.419. The highest BCUT2D eigenvalue weighted by atomic mass is 32.1. The number of benzene rings is 1. The van der Waals surface area contributed by atoms with Crippen LogP contribution in [-0.2, 0) is 27.2 Å². The topological polar surface area (TPSA) is 59.0 Å². The van der Waals surface area contributed by atoms with E-state index in [4.69, 9.17) is 4.74 Å². The molecule has 1 aromatic carbocycles. The maximum absolute atomic E-state index is 12.7. The van der Waals surface area contributed by atoms with Crippen LogP contribution in [0.5, 0.6) is 0 Å². The third kappa shape index (κ3) is 2.74. The summed E-state index contributed by atoms with van der Waals surface area (Å²) in [5, 5.41) is 0.838. The number of carbonyl (C=O) groups excluding carboxylic acids is 2. The summed E-state index contributed by atoms with van der Waals surface area (Å²) in [4.78, 5) is 32.2. The Morgan fingerprint density at radius 2 is 2.12 bits per heavy atom. The highest BCUT2D eigenvalue weighted by Crippen LogP contribution is 2.43. The number of methoxy groups -OCH3 is 1. The molecule has 0 spiro atoms. The molecule has 1 aromatic heterocycles. The van der Waals surface area contributed by atoms with E-state index in [1.807, 2.05) is 12.1 Å². The maximum Gasteiger partial charge on any atom is 0.325 e. The van der Waals surface area contributed by atoms with Gasteiger partial charge in [-0.2, -0.15) is 0 Å². The van der Waals surface area contributed by atoms with Crippen LogP contribution in [0, 0.1) is 6.92 Å². The lowest BCUT2D eigenvalue weighted by Gasteiger charge is -2.19. The van der Waals surface area contributed by atoms with Crippen LogP contribution in [0.25, 0.3) is 0 Å². The molecule has 4 rings (SSSR count). The van der Waals surface area contributed by atoms with E-state index in [0.29, 0.717) is 0 Å². The quantitative estimate of drug-likeness (QED) is 0.783. The Kier molecular flexibility index (Phi) is 4.36. The second-order valence-electron chi connectivity index (χ2n) is 6.57. The molecule has 2 heterocycles. The molecule has 1 aliphatic heterocycles. The normalized spacial score (nSPS) is 16.0. The number of fused-ring (bicyclic) bond motifs is 3. The molecular formula is C20H20N2O3S. The van der Waals surface area contributed by atoms with E-state index < -0.39 is 5.97 Å². The van der Waals surface area contributed by atoms with Gasteiger partial charge < -0.3 is 4.74 Å². The minimum Gasteiger partial charge on any atom is -0.468 e. The second kappa shape index (κ2) is 6.68. The number of aryl methyl sites for hydroxylation is 2. The SMILES string of the molecule is COC(=O)CN1C(=O)CN=C(c2ccccc2C)c2c1sc1c2CCC1. The number of amides is 1. The highest BCUT2D eigenvalue weighted by Gasteiger charge is 2.34. The number of carbonyl (C=O) groups is 2. The van der Waals surface area contributed by atoms with Gasteiger partial charge in [0.15, 0.2) is 0 Å². The molecule has 0 fully saturated rings. The zero-order valence-electron chi connectivity index (χ0n) is 14.9. The predicted molar refractivity (Wildman–Crippen MR) is 102 cm³/mol. The molecule has 0 bridgehead atoms. The highest BCUT2D eigenvalue weighted by molar-refractivity contribution is 7.17. The maximum atomic E-state index is 12.7. The summed E-state index contributed by atoms with van der Waals surface area (Å²) in [6.07, 6.45) is 3.14. The van der Waals surface area contributed by atoms with Crippen LogP contribution in [0.1, 0.15) is 33.6 Å². The fourth-order valence-corrected chi connectivity index (χ4v) is 5.07. The number of nitrogens with zero attached hydrogens (tertiary/aromatic N) is 2. The smallest absolute Gasteiger partial charge is 0.325 e. The number of rotatable bonds is 3. The van der Waals surface area contributed by atoms with E-state index in [1.165, 1.54) is 17.6 Å². The molecular weight excluding hydrogens is 348 g/mol. The van der Waals surface area contributed by atoms with Crippen molar-refractivity contribution in [1.29, 1.82) is 0 Å². The van der Waals surface area contributed by atoms with Crippen LogP contribution in [0.2, 0.25) is 0 Å². The monoisotopic (exact) mass is 368 g/mol. The van der Waals surface area contributed by atoms with Gasteiger partial charge in [-0.25, -0.2) is 0 Å². The summed E-state index contributed by atoms with van der Waals surface area (Å²) in [5.74, 6) is -0.586. The molecule has 0 atom stereocenters. The first-order valence-corrected chi connectivity index (χ1v) is 9.54. The first-order chi connectivity index (χ1) is 12.6. The van der Waals surface area contributed by atoms with Crippen molar-refractivity contribution >= 4 is 33.9 Å². The molecule has 2 aromatic rings. The number of anilines is 1. The number of hydrogen-bond donors (Lipinski definition) is 0. The Bertz CT molecular complexity index is 929. The van der Waals surface area contributed by atoms with Crippen molar-refractivity contribution in [3.8, 4) is 0 Å². The summed E-state index contributed by atoms with van der Waals surface area (Å²) in [6.45, 7) is 2.03. The number of ether oxygens (including phenoxy) is 1. The van der Waals surface area contributed by atoms with Crippen molar-refractivity contribution in [1.82, 2.24) is 0 Å². The molecule has 0 unspecified atom stereocenters. The minimum absolute atomic E-state index is 0.0385. The van der Waals surface area contributed by atoms with Crippen molar-refractivity contribution in [2.75, 3.05) is 25.1 Å². The molecule has 134 valence electrons. The summed E-state index contributed by atoms with van der Waals surface area (Å²) in [6, 6.07) is 8.11. The fourth-order valence-electron chi connectivity index (χ4n) is 3.66. The van der Waals surface area contributed by atoms with Gasteiger partial charge in [-0.05, 0) is 37.3 Å². The van der Waals surface area contributed by atoms with Crippen LogP contribution in [0.15, 0.2) is 29.3 Å². The first kappa shape index (κ1) is 17.0. The van der Waals surface area contributed by atoms with Crippen LogP contribution >= 0.6 is 11.3 Å². The van der Waals surface area contributed by atoms with Gasteiger partial charge in [0, 0.05) is 16.0 Å². The van der Waals surface area contributed by atoms with E-state index in [-0.39, 0.29) is 19.0 Å². The molecule has 26 heavy (non-hydrogen) atoms. The average molecular weight is 368 g/mol. The molecule has 2 aliphatic rings. The van der Waals surface area contributed by atoms with Gasteiger partial charge in [0.1, 0.15) is 18.1 Å². The standard InChI is InChI=1S/C20H20N2O3S/c1-12-6-3-4-7-13(12)19-18-14-8-5-9-15(14)26-20(18)22(11-17(24)25-2)16(23)10-21-19/h3-4,6-7H,5,8-11H2,1-2H3. The third-order valence-corrected chi connectivity index (χ3v) is 6.29.